The minimum Gasteiger partial charge on any atom is -0.379 e. The average Bonchev–Trinajstić information content (AvgIpc) is 2.70. The third-order valence-corrected chi connectivity index (χ3v) is 7.26. The molecule has 2 aromatic carbocycles. The molecule has 0 unspecified atom stereocenters. The largest absolute Gasteiger partial charge is 0.379 e. The van der Waals surface area contributed by atoms with Crippen molar-refractivity contribution in [1.82, 2.24) is 9.62 Å². The highest BCUT2D eigenvalue weighted by molar-refractivity contribution is 7.89. The molecule has 8 heteroatoms. The van der Waals surface area contributed by atoms with Crippen molar-refractivity contribution in [1.29, 1.82) is 0 Å². The third kappa shape index (κ3) is 4.80. The zero-order valence-electron chi connectivity index (χ0n) is 16.7. The molecule has 29 heavy (non-hydrogen) atoms. The van der Waals surface area contributed by atoms with Crippen molar-refractivity contribution in [2.45, 2.75) is 31.7 Å². The van der Waals surface area contributed by atoms with E-state index in [-0.39, 0.29) is 34.6 Å². The normalized spacial score (nSPS) is 16.4. The molecular formula is C21H25ClN2O4S. The fourth-order valence-corrected chi connectivity index (χ4v) is 4.99. The number of ether oxygens (including phenoxy) is 1. The van der Waals surface area contributed by atoms with Crippen LogP contribution in [0.15, 0.2) is 41.3 Å². The van der Waals surface area contributed by atoms with E-state index in [1.165, 1.54) is 22.5 Å². The second-order valence-electron chi connectivity index (χ2n) is 7.21. The van der Waals surface area contributed by atoms with Crippen LogP contribution in [0.2, 0.25) is 5.02 Å². The van der Waals surface area contributed by atoms with E-state index in [1.54, 1.807) is 0 Å². The quantitative estimate of drug-likeness (QED) is 0.778. The summed E-state index contributed by atoms with van der Waals surface area (Å²) in [5, 5.41) is 3.13. The molecular weight excluding hydrogens is 412 g/mol. The maximum atomic E-state index is 12.9. The maximum Gasteiger partial charge on any atom is 0.253 e. The van der Waals surface area contributed by atoms with E-state index in [9.17, 15) is 13.2 Å². The summed E-state index contributed by atoms with van der Waals surface area (Å²) < 4.78 is 32.4. The number of amides is 1. The van der Waals surface area contributed by atoms with Gasteiger partial charge in [-0.05, 0) is 50.1 Å². The SMILES string of the molecule is Cc1ccc(C)c([C@H](C)NC(=O)c2cc(S(=O)(=O)N3CCOCC3)ccc2Cl)c1. The Hall–Kier alpha value is -1.93. The van der Waals surface area contributed by atoms with Gasteiger partial charge in [-0.3, -0.25) is 4.79 Å². The molecule has 0 spiro atoms. The number of nitrogens with one attached hydrogen (secondary N) is 1. The van der Waals surface area contributed by atoms with Crippen molar-refractivity contribution in [2.24, 2.45) is 0 Å². The number of nitrogens with zero attached hydrogens (tertiary/aromatic N) is 1. The molecule has 0 aliphatic carbocycles. The number of hydrogen-bond donors (Lipinski definition) is 1. The first-order valence-corrected chi connectivity index (χ1v) is 11.3. The summed E-state index contributed by atoms with van der Waals surface area (Å²) in [6, 6.07) is 10.0. The first-order chi connectivity index (χ1) is 13.7. The zero-order chi connectivity index (χ0) is 21.2. The Morgan fingerprint density at radius 3 is 2.52 bits per heavy atom. The van der Waals surface area contributed by atoms with Crippen molar-refractivity contribution in [3.05, 3.63) is 63.7 Å². The number of rotatable bonds is 5. The molecule has 156 valence electrons. The fraction of sp³-hybridized carbons (Fsp3) is 0.381. The lowest BCUT2D eigenvalue weighted by molar-refractivity contribution is 0.0730. The van der Waals surface area contributed by atoms with Gasteiger partial charge < -0.3 is 10.1 Å². The highest BCUT2D eigenvalue weighted by Crippen LogP contribution is 2.25. The molecule has 0 aromatic heterocycles. The minimum absolute atomic E-state index is 0.0494. The minimum atomic E-state index is -3.71. The molecule has 1 heterocycles. The van der Waals surface area contributed by atoms with Crippen LogP contribution in [0.25, 0.3) is 0 Å². The Balaban J connectivity index is 1.85. The van der Waals surface area contributed by atoms with Crippen LogP contribution >= 0.6 is 11.6 Å². The molecule has 0 saturated carbocycles. The van der Waals surface area contributed by atoms with Gasteiger partial charge in [0.15, 0.2) is 0 Å². The van der Waals surface area contributed by atoms with Crippen molar-refractivity contribution in [3.63, 3.8) is 0 Å². The Labute approximate surface area is 176 Å². The van der Waals surface area contributed by atoms with E-state index in [4.69, 9.17) is 16.3 Å². The highest BCUT2D eigenvalue weighted by atomic mass is 35.5. The molecule has 2 aromatic rings. The summed E-state index contributed by atoms with van der Waals surface area (Å²) in [4.78, 5) is 12.9. The maximum absolute atomic E-state index is 12.9. The standard InChI is InChI=1S/C21H25ClN2O4S/c1-14-4-5-15(2)18(12-14)16(3)23-21(25)19-13-17(6-7-20(19)22)29(26,27)24-8-10-28-11-9-24/h4-7,12-13,16H,8-11H2,1-3H3,(H,23,25)/t16-/m0/s1. The van der Waals surface area contributed by atoms with Crippen molar-refractivity contribution in [3.8, 4) is 0 Å². The van der Waals surface area contributed by atoms with Gasteiger partial charge in [-0.25, -0.2) is 8.42 Å². The van der Waals surface area contributed by atoms with Crippen LogP contribution in [-0.4, -0.2) is 44.9 Å². The number of morpholine rings is 1. The third-order valence-electron chi connectivity index (χ3n) is 5.04. The van der Waals surface area contributed by atoms with Gasteiger partial charge in [0.1, 0.15) is 0 Å². The van der Waals surface area contributed by atoms with Crippen LogP contribution in [0, 0.1) is 13.8 Å². The Morgan fingerprint density at radius 1 is 1.14 bits per heavy atom. The number of carbonyl (C=O) groups excluding carboxylic acids is 1. The van der Waals surface area contributed by atoms with Gasteiger partial charge in [-0.1, -0.05) is 35.4 Å². The second kappa shape index (κ2) is 8.83. The van der Waals surface area contributed by atoms with Gasteiger partial charge in [0.25, 0.3) is 5.91 Å². The molecule has 1 N–H and O–H groups in total. The van der Waals surface area contributed by atoms with Crippen LogP contribution < -0.4 is 5.32 Å². The molecule has 3 rings (SSSR count). The Kier molecular flexibility index (Phi) is 6.63. The highest BCUT2D eigenvalue weighted by Gasteiger charge is 2.28. The molecule has 1 fully saturated rings. The van der Waals surface area contributed by atoms with Gasteiger partial charge in [-0.2, -0.15) is 4.31 Å². The Bertz CT molecular complexity index is 1020. The number of halogens is 1. The number of carbonyl (C=O) groups is 1. The monoisotopic (exact) mass is 436 g/mol. The fourth-order valence-electron chi connectivity index (χ4n) is 3.35. The van der Waals surface area contributed by atoms with E-state index in [2.05, 4.69) is 5.32 Å². The van der Waals surface area contributed by atoms with Crippen molar-refractivity contribution in [2.75, 3.05) is 26.3 Å². The summed E-state index contributed by atoms with van der Waals surface area (Å²) in [6.45, 7) is 7.16. The van der Waals surface area contributed by atoms with E-state index >= 15 is 0 Å². The van der Waals surface area contributed by atoms with Crippen LogP contribution in [0.1, 0.15) is 40.0 Å². The van der Waals surface area contributed by atoms with Gasteiger partial charge in [0, 0.05) is 13.1 Å². The molecule has 0 bridgehead atoms. The smallest absolute Gasteiger partial charge is 0.253 e. The first kappa shape index (κ1) is 21.8. The van der Waals surface area contributed by atoms with Gasteiger partial charge in [0.2, 0.25) is 10.0 Å². The number of hydrogen-bond acceptors (Lipinski definition) is 4. The van der Waals surface area contributed by atoms with Crippen LogP contribution in [0.5, 0.6) is 0 Å². The number of aryl methyl sites for hydroxylation is 2. The van der Waals surface area contributed by atoms with Gasteiger partial charge in [0.05, 0.1) is 34.7 Å². The summed E-state index contributed by atoms with van der Waals surface area (Å²) in [6.07, 6.45) is 0. The van der Waals surface area contributed by atoms with Gasteiger partial charge in [-0.15, -0.1) is 0 Å². The average molecular weight is 437 g/mol. The molecule has 1 saturated heterocycles. The molecule has 6 nitrogen and oxygen atoms in total. The van der Waals surface area contributed by atoms with E-state index < -0.39 is 15.9 Å². The van der Waals surface area contributed by atoms with E-state index in [0.29, 0.717) is 13.2 Å². The predicted octanol–water partition coefficient (Wildman–Crippen LogP) is 3.47. The number of benzene rings is 2. The summed E-state index contributed by atoms with van der Waals surface area (Å²) in [7, 11) is -3.71. The van der Waals surface area contributed by atoms with Crippen molar-refractivity contribution >= 4 is 27.5 Å². The molecule has 1 amide bonds. The van der Waals surface area contributed by atoms with Gasteiger partial charge >= 0.3 is 0 Å². The molecule has 1 aliphatic rings. The van der Waals surface area contributed by atoms with E-state index in [0.717, 1.165) is 16.7 Å². The summed E-state index contributed by atoms with van der Waals surface area (Å²) in [5.74, 6) is -0.414. The first-order valence-electron chi connectivity index (χ1n) is 9.45. The van der Waals surface area contributed by atoms with Crippen molar-refractivity contribution < 1.29 is 17.9 Å². The van der Waals surface area contributed by atoms with Crippen LogP contribution in [0.4, 0.5) is 0 Å². The van der Waals surface area contributed by atoms with E-state index in [1.807, 2.05) is 39.0 Å². The zero-order valence-corrected chi connectivity index (χ0v) is 18.3. The molecule has 0 radical (unpaired) electrons. The lowest BCUT2D eigenvalue weighted by atomic mass is 10.00. The molecule has 1 aliphatic heterocycles. The topological polar surface area (TPSA) is 75.7 Å². The van der Waals surface area contributed by atoms with Crippen LogP contribution in [0.3, 0.4) is 0 Å². The molecule has 1 atom stereocenters. The summed E-state index contributed by atoms with van der Waals surface area (Å²) >= 11 is 6.22. The summed E-state index contributed by atoms with van der Waals surface area (Å²) in [5.41, 5.74) is 3.31. The Morgan fingerprint density at radius 2 is 1.83 bits per heavy atom. The second-order valence-corrected chi connectivity index (χ2v) is 9.56. The number of sulfonamides is 1. The van der Waals surface area contributed by atoms with Crippen LogP contribution in [-0.2, 0) is 14.8 Å². The lowest BCUT2D eigenvalue weighted by Gasteiger charge is -2.26. The lowest BCUT2D eigenvalue weighted by Crippen LogP contribution is -2.40. The predicted molar refractivity (Wildman–Crippen MR) is 113 cm³/mol.